The van der Waals surface area contributed by atoms with Crippen molar-refractivity contribution in [2.75, 3.05) is 11.8 Å². The third-order valence-corrected chi connectivity index (χ3v) is 9.11. The molecule has 1 aliphatic rings. The normalized spacial score (nSPS) is 15.6. The second-order valence-corrected chi connectivity index (χ2v) is 12.2. The predicted molar refractivity (Wildman–Crippen MR) is 149 cm³/mol. The highest BCUT2D eigenvalue weighted by Gasteiger charge is 2.28. The Labute approximate surface area is 220 Å². The zero-order chi connectivity index (χ0) is 25.3. The number of anilines is 1. The van der Waals surface area contributed by atoms with Gasteiger partial charge >= 0.3 is 5.97 Å². The summed E-state index contributed by atoms with van der Waals surface area (Å²) in [5, 5.41) is 12.8. The van der Waals surface area contributed by atoms with Crippen molar-refractivity contribution in [3.63, 3.8) is 0 Å². The molecular formula is C29H30N2O3S2. The Morgan fingerprint density at radius 1 is 1.11 bits per heavy atom. The number of thiazole rings is 1. The first kappa shape index (κ1) is 24.7. The molecular weight excluding hydrogens is 488 g/mol. The van der Waals surface area contributed by atoms with Crippen molar-refractivity contribution in [1.29, 1.82) is 0 Å². The van der Waals surface area contributed by atoms with Gasteiger partial charge in [0.2, 0.25) is 0 Å². The Hall–Kier alpha value is -3.03. The fraction of sp³-hybridized carbons (Fsp3) is 0.310. The number of carbonyl (C=O) groups is 1. The van der Waals surface area contributed by atoms with Gasteiger partial charge in [-0.2, -0.15) is 0 Å². The molecule has 1 saturated carbocycles. The average Bonchev–Trinajstić information content (AvgIpc) is 3.35. The van der Waals surface area contributed by atoms with E-state index in [1.54, 1.807) is 23.5 Å². The molecule has 0 radical (unpaired) electrons. The number of carboxylic acid groups (broad SMARTS) is 1. The third kappa shape index (κ3) is 5.08. The molecule has 36 heavy (non-hydrogen) atoms. The maximum atomic E-state index is 11.2. The molecule has 0 bridgehead atoms. The van der Waals surface area contributed by atoms with E-state index in [0.29, 0.717) is 22.8 Å². The molecule has 4 aromatic rings. The zero-order valence-electron chi connectivity index (χ0n) is 20.7. The van der Waals surface area contributed by atoms with Gasteiger partial charge in [0.1, 0.15) is 15.0 Å². The Morgan fingerprint density at radius 3 is 2.61 bits per heavy atom. The van der Waals surface area contributed by atoms with Crippen molar-refractivity contribution in [2.45, 2.75) is 49.7 Å². The predicted octanol–water partition coefficient (Wildman–Crippen LogP) is 8.47. The van der Waals surface area contributed by atoms with Crippen LogP contribution in [0.15, 0.2) is 65.0 Å². The second kappa shape index (κ2) is 10.1. The number of ether oxygens (including phenoxy) is 1. The van der Waals surface area contributed by atoms with Crippen molar-refractivity contribution in [1.82, 2.24) is 4.98 Å². The molecule has 0 spiro atoms. The summed E-state index contributed by atoms with van der Waals surface area (Å²) in [6, 6.07) is 18.1. The topological polar surface area (TPSA) is 71.5 Å². The van der Waals surface area contributed by atoms with E-state index < -0.39 is 5.97 Å². The lowest BCUT2D eigenvalue weighted by Crippen LogP contribution is -2.20. The van der Waals surface area contributed by atoms with Gasteiger partial charge in [-0.25, -0.2) is 9.78 Å². The van der Waals surface area contributed by atoms with Gasteiger partial charge in [-0.3, -0.25) is 0 Å². The molecule has 0 aliphatic heterocycles. The van der Waals surface area contributed by atoms with Crippen molar-refractivity contribution in [2.24, 2.45) is 5.41 Å². The number of nitrogens with one attached hydrogen (secondary N) is 1. The quantitative estimate of drug-likeness (QED) is 0.239. The van der Waals surface area contributed by atoms with Crippen LogP contribution in [-0.4, -0.2) is 23.2 Å². The first-order valence-corrected chi connectivity index (χ1v) is 13.8. The fourth-order valence-corrected chi connectivity index (χ4v) is 6.73. The van der Waals surface area contributed by atoms with Crippen LogP contribution in [0.3, 0.4) is 0 Å². The Bertz CT molecular complexity index is 1400. The Morgan fingerprint density at radius 2 is 1.86 bits per heavy atom. The van der Waals surface area contributed by atoms with Gasteiger partial charge in [0.15, 0.2) is 0 Å². The summed E-state index contributed by atoms with van der Waals surface area (Å²) in [5.74, 6) is 0.121. The number of benzene rings is 3. The summed E-state index contributed by atoms with van der Waals surface area (Å²) in [6.45, 7) is 4.77. The molecule has 5 rings (SSSR count). The molecule has 2 N–H and O–H groups in total. The summed E-state index contributed by atoms with van der Waals surface area (Å²) >= 11 is 3.08. The van der Waals surface area contributed by atoms with Crippen molar-refractivity contribution in [3.05, 3.63) is 71.9 Å². The highest BCUT2D eigenvalue weighted by Crippen LogP contribution is 2.45. The number of nitrogens with zero attached hydrogens (tertiary/aromatic N) is 1. The lowest BCUT2D eigenvalue weighted by atomic mass is 9.70. The summed E-state index contributed by atoms with van der Waals surface area (Å²) in [4.78, 5) is 16.0. The molecule has 1 heterocycles. The highest BCUT2D eigenvalue weighted by atomic mass is 32.2. The number of rotatable bonds is 7. The van der Waals surface area contributed by atoms with Crippen molar-refractivity contribution < 1.29 is 14.6 Å². The van der Waals surface area contributed by atoms with Crippen LogP contribution in [0.1, 0.15) is 61.4 Å². The maximum Gasteiger partial charge on any atom is 0.335 e. The number of hydrogen-bond acceptors (Lipinski definition) is 6. The lowest BCUT2D eigenvalue weighted by Gasteiger charge is -2.35. The minimum absolute atomic E-state index is 0.190. The third-order valence-electron chi connectivity index (χ3n) is 7.16. The van der Waals surface area contributed by atoms with Gasteiger partial charge in [0.05, 0.1) is 24.6 Å². The molecule has 1 fully saturated rings. The van der Waals surface area contributed by atoms with Crippen molar-refractivity contribution in [3.8, 4) is 16.3 Å². The second-order valence-electron chi connectivity index (χ2n) is 10.1. The summed E-state index contributed by atoms with van der Waals surface area (Å²) in [7, 11) is 1.53. The van der Waals surface area contributed by atoms with E-state index in [1.165, 1.54) is 67.1 Å². The molecule has 3 aromatic carbocycles. The highest BCUT2D eigenvalue weighted by molar-refractivity contribution is 8.02. The van der Waals surface area contributed by atoms with Gasteiger partial charge < -0.3 is 14.6 Å². The largest absolute Gasteiger partial charge is 0.495 e. The Kier molecular flexibility index (Phi) is 6.95. The number of fused-ring (bicyclic) bond motifs is 1. The summed E-state index contributed by atoms with van der Waals surface area (Å²) in [5.41, 5.74) is 3.99. The van der Waals surface area contributed by atoms with Crippen LogP contribution in [0.25, 0.3) is 21.3 Å². The van der Waals surface area contributed by atoms with E-state index in [1.807, 2.05) is 6.20 Å². The van der Waals surface area contributed by atoms with Crippen LogP contribution < -0.4 is 9.46 Å². The number of aromatic carboxylic acids is 1. The monoisotopic (exact) mass is 518 g/mol. The van der Waals surface area contributed by atoms with E-state index >= 15 is 0 Å². The van der Waals surface area contributed by atoms with Gasteiger partial charge in [0.25, 0.3) is 0 Å². The number of aromatic nitrogens is 1. The maximum absolute atomic E-state index is 11.2. The molecule has 0 amide bonds. The van der Waals surface area contributed by atoms with Gasteiger partial charge in [0, 0.05) is 5.56 Å². The van der Waals surface area contributed by atoms with Gasteiger partial charge in [-0.15, -0.1) is 11.3 Å². The van der Waals surface area contributed by atoms with E-state index in [-0.39, 0.29) is 5.56 Å². The first-order chi connectivity index (χ1) is 17.3. The number of hydrogen-bond donors (Lipinski definition) is 2. The smallest absolute Gasteiger partial charge is 0.335 e. The number of methoxy groups -OCH3 is 1. The van der Waals surface area contributed by atoms with E-state index in [2.05, 4.69) is 55.0 Å². The molecule has 5 nitrogen and oxygen atoms in total. The summed E-state index contributed by atoms with van der Waals surface area (Å²) < 4.78 is 9.66. The zero-order valence-corrected chi connectivity index (χ0v) is 22.3. The minimum atomic E-state index is -0.981. The van der Waals surface area contributed by atoms with E-state index in [9.17, 15) is 9.90 Å². The van der Waals surface area contributed by atoms with Crippen LogP contribution in [0.5, 0.6) is 5.75 Å². The summed E-state index contributed by atoms with van der Waals surface area (Å²) in [6.07, 6.45) is 6.92. The molecule has 1 aromatic heterocycles. The molecule has 7 heteroatoms. The molecule has 186 valence electrons. The van der Waals surface area contributed by atoms with Gasteiger partial charge in [-0.1, -0.05) is 50.2 Å². The minimum Gasteiger partial charge on any atom is -0.495 e. The number of carboxylic acids is 1. The average molecular weight is 519 g/mol. The van der Waals surface area contributed by atoms with Gasteiger partial charge in [-0.05, 0) is 83.5 Å². The van der Waals surface area contributed by atoms with Crippen LogP contribution >= 0.6 is 23.3 Å². The molecule has 1 aliphatic carbocycles. The Balaban J connectivity index is 1.37. The van der Waals surface area contributed by atoms with Crippen LogP contribution in [0, 0.1) is 5.41 Å². The first-order valence-electron chi connectivity index (χ1n) is 12.2. The molecule has 0 unspecified atom stereocenters. The molecule has 0 atom stereocenters. The van der Waals surface area contributed by atoms with Crippen LogP contribution in [0.4, 0.5) is 5.69 Å². The van der Waals surface area contributed by atoms with Crippen LogP contribution in [0.2, 0.25) is 0 Å². The fourth-order valence-electron chi connectivity index (χ4n) is 5.03. The van der Waals surface area contributed by atoms with Crippen molar-refractivity contribution >= 4 is 45.7 Å². The van der Waals surface area contributed by atoms with Crippen LogP contribution in [-0.2, 0) is 0 Å². The van der Waals surface area contributed by atoms with E-state index in [4.69, 9.17) is 9.72 Å². The standard InChI is InChI=1S/C29H30N2O3S2/c1-29(2)14-12-18(13-15-29)20-6-4-8-22-21(20)7-5-9-23(22)27-30-17-26(35-27)36-31-24-11-10-19(28(32)33)16-25(24)34-3/h4-11,16-18,31H,12-15H2,1-3H3,(H,32,33). The molecule has 0 saturated heterocycles. The lowest BCUT2D eigenvalue weighted by molar-refractivity contribution is 0.0696. The van der Waals surface area contributed by atoms with E-state index in [0.717, 1.165) is 14.8 Å². The SMILES string of the molecule is COc1cc(C(=O)O)ccc1NSc1cnc(-c2cccc3c(C4CCC(C)(C)CC4)cccc23)s1.